The molecule has 1 atom stereocenters. The number of benzene rings is 2. The molecule has 2 nitrogen and oxygen atoms in total. The van der Waals surface area contributed by atoms with Crippen molar-refractivity contribution in [3.63, 3.8) is 0 Å². The molecule has 2 aromatic rings. The Bertz CT molecular complexity index is 478. The highest BCUT2D eigenvalue weighted by molar-refractivity contribution is 5.33. The van der Waals surface area contributed by atoms with Gasteiger partial charge >= 0.3 is 0 Å². The molecule has 0 saturated carbocycles. The van der Waals surface area contributed by atoms with E-state index < -0.39 is 0 Å². The summed E-state index contributed by atoms with van der Waals surface area (Å²) in [7, 11) is 2.01. The molecular weight excluding hydrogens is 234 g/mol. The van der Waals surface area contributed by atoms with Crippen molar-refractivity contribution in [2.75, 3.05) is 7.05 Å². The number of ether oxygens (including phenoxy) is 1. The van der Waals surface area contributed by atoms with Gasteiger partial charge in [0, 0.05) is 6.04 Å². The molecule has 0 heterocycles. The zero-order valence-corrected chi connectivity index (χ0v) is 11.6. The molecule has 2 heteroatoms. The highest BCUT2D eigenvalue weighted by atomic mass is 16.5. The van der Waals surface area contributed by atoms with Crippen LogP contribution in [0.4, 0.5) is 0 Å². The summed E-state index contributed by atoms with van der Waals surface area (Å²) in [6.45, 7) is 2.21. The highest BCUT2D eigenvalue weighted by Crippen LogP contribution is 2.24. The minimum absolute atomic E-state index is 0.427. The summed E-state index contributed by atoms with van der Waals surface area (Å²) in [5.41, 5.74) is 1.31. The Morgan fingerprint density at radius 1 is 0.947 bits per heavy atom. The van der Waals surface area contributed by atoms with E-state index in [0.717, 1.165) is 17.9 Å². The number of hydrogen-bond acceptors (Lipinski definition) is 2. The summed E-state index contributed by atoms with van der Waals surface area (Å²) in [5.74, 6) is 1.75. The quantitative estimate of drug-likeness (QED) is 0.818. The first-order valence-electron chi connectivity index (χ1n) is 6.83. The van der Waals surface area contributed by atoms with E-state index in [9.17, 15) is 0 Å². The number of para-hydroxylation sites is 1. The zero-order chi connectivity index (χ0) is 13.5. The van der Waals surface area contributed by atoms with Crippen LogP contribution in [0, 0.1) is 0 Å². The van der Waals surface area contributed by atoms with Crippen LogP contribution in [0.25, 0.3) is 0 Å². The van der Waals surface area contributed by atoms with Crippen LogP contribution in [0.5, 0.6) is 11.5 Å². The van der Waals surface area contributed by atoms with Crippen molar-refractivity contribution in [2.24, 2.45) is 0 Å². The monoisotopic (exact) mass is 255 g/mol. The molecule has 19 heavy (non-hydrogen) atoms. The van der Waals surface area contributed by atoms with Gasteiger partial charge in [0.2, 0.25) is 0 Å². The number of rotatable bonds is 6. The molecule has 0 saturated heterocycles. The average Bonchev–Trinajstić information content (AvgIpc) is 2.47. The lowest BCUT2D eigenvalue weighted by atomic mass is 10.0. The molecule has 0 spiro atoms. The molecule has 0 aliphatic carbocycles. The summed E-state index contributed by atoms with van der Waals surface area (Å²) in [4.78, 5) is 0. The second-order valence-electron chi connectivity index (χ2n) is 4.61. The first-order chi connectivity index (χ1) is 9.33. The zero-order valence-electron chi connectivity index (χ0n) is 11.6. The van der Waals surface area contributed by atoms with Gasteiger partial charge in [0.15, 0.2) is 0 Å². The van der Waals surface area contributed by atoms with Crippen LogP contribution >= 0.6 is 0 Å². The average molecular weight is 255 g/mol. The molecule has 0 aliphatic rings. The first-order valence-corrected chi connectivity index (χ1v) is 6.83. The van der Waals surface area contributed by atoms with Crippen molar-refractivity contribution < 1.29 is 4.74 Å². The summed E-state index contributed by atoms with van der Waals surface area (Å²) in [6, 6.07) is 18.6. The third kappa shape index (κ3) is 3.83. The van der Waals surface area contributed by atoms with Crippen LogP contribution in [0.15, 0.2) is 54.6 Å². The predicted octanol–water partition coefficient (Wildman–Crippen LogP) is 4.54. The maximum absolute atomic E-state index is 5.79. The minimum atomic E-state index is 0.427. The molecule has 100 valence electrons. The molecule has 1 N–H and O–H groups in total. The third-order valence-electron chi connectivity index (χ3n) is 3.19. The standard InChI is InChI=1S/C17H21NO/c1-3-7-17(18-2)14-10-12-16(13-11-14)19-15-8-5-4-6-9-15/h4-6,8-13,17-18H,3,7H2,1-2H3/t17-/m1/s1. The van der Waals surface area contributed by atoms with Crippen LogP contribution < -0.4 is 10.1 Å². The second-order valence-corrected chi connectivity index (χ2v) is 4.61. The maximum Gasteiger partial charge on any atom is 0.127 e. The summed E-state index contributed by atoms with van der Waals surface area (Å²) in [6.07, 6.45) is 2.32. The van der Waals surface area contributed by atoms with Crippen LogP contribution in [0.1, 0.15) is 31.4 Å². The van der Waals surface area contributed by atoms with E-state index in [0.29, 0.717) is 6.04 Å². The number of nitrogens with one attached hydrogen (secondary N) is 1. The largest absolute Gasteiger partial charge is 0.457 e. The van der Waals surface area contributed by atoms with Gasteiger partial charge in [-0.1, -0.05) is 43.7 Å². The fourth-order valence-corrected chi connectivity index (χ4v) is 2.16. The van der Waals surface area contributed by atoms with E-state index in [4.69, 9.17) is 4.74 Å². The van der Waals surface area contributed by atoms with E-state index in [-0.39, 0.29) is 0 Å². The van der Waals surface area contributed by atoms with Crippen molar-refractivity contribution >= 4 is 0 Å². The predicted molar refractivity (Wildman–Crippen MR) is 79.7 cm³/mol. The lowest BCUT2D eigenvalue weighted by molar-refractivity contribution is 0.481. The molecule has 0 fully saturated rings. The molecule has 0 radical (unpaired) electrons. The smallest absolute Gasteiger partial charge is 0.127 e. The van der Waals surface area contributed by atoms with Gasteiger partial charge in [-0.05, 0) is 43.3 Å². The fraction of sp³-hybridized carbons (Fsp3) is 0.294. The Hall–Kier alpha value is -1.80. The number of hydrogen-bond donors (Lipinski definition) is 1. The molecule has 2 aromatic carbocycles. The van der Waals surface area contributed by atoms with E-state index in [1.54, 1.807) is 0 Å². The van der Waals surface area contributed by atoms with Crippen LogP contribution in [0.3, 0.4) is 0 Å². The van der Waals surface area contributed by atoms with Gasteiger partial charge in [0.1, 0.15) is 11.5 Å². The van der Waals surface area contributed by atoms with Gasteiger partial charge in [-0.25, -0.2) is 0 Å². The van der Waals surface area contributed by atoms with Gasteiger partial charge in [-0.15, -0.1) is 0 Å². The van der Waals surface area contributed by atoms with E-state index >= 15 is 0 Å². The van der Waals surface area contributed by atoms with Crippen LogP contribution in [-0.2, 0) is 0 Å². The Balaban J connectivity index is 2.06. The topological polar surface area (TPSA) is 21.3 Å². The van der Waals surface area contributed by atoms with E-state index in [1.807, 2.05) is 49.5 Å². The lowest BCUT2D eigenvalue weighted by Crippen LogP contribution is -2.15. The normalized spacial score (nSPS) is 12.1. The Morgan fingerprint density at radius 2 is 1.58 bits per heavy atom. The summed E-state index contributed by atoms with van der Waals surface area (Å²) in [5, 5.41) is 3.35. The molecule has 0 aliphatic heterocycles. The van der Waals surface area contributed by atoms with Crippen molar-refractivity contribution in [3.05, 3.63) is 60.2 Å². The van der Waals surface area contributed by atoms with Gasteiger partial charge in [-0.3, -0.25) is 0 Å². The van der Waals surface area contributed by atoms with E-state index in [1.165, 1.54) is 12.0 Å². The maximum atomic E-state index is 5.79. The fourth-order valence-electron chi connectivity index (χ4n) is 2.16. The third-order valence-corrected chi connectivity index (χ3v) is 3.19. The van der Waals surface area contributed by atoms with Crippen molar-refractivity contribution in [1.82, 2.24) is 5.32 Å². The summed E-state index contributed by atoms with van der Waals surface area (Å²) >= 11 is 0. The minimum Gasteiger partial charge on any atom is -0.457 e. The molecule has 0 bridgehead atoms. The SMILES string of the molecule is CCC[C@@H](NC)c1ccc(Oc2ccccc2)cc1. The Kier molecular flexibility index (Phi) is 4.99. The molecule has 0 amide bonds. The van der Waals surface area contributed by atoms with Gasteiger partial charge in [0.05, 0.1) is 0 Å². The van der Waals surface area contributed by atoms with Crippen molar-refractivity contribution in [1.29, 1.82) is 0 Å². The van der Waals surface area contributed by atoms with Crippen molar-refractivity contribution in [2.45, 2.75) is 25.8 Å². The Labute approximate surface area is 115 Å². The first kappa shape index (κ1) is 13.6. The van der Waals surface area contributed by atoms with Gasteiger partial charge in [0.25, 0.3) is 0 Å². The molecule has 0 aromatic heterocycles. The van der Waals surface area contributed by atoms with Crippen molar-refractivity contribution in [3.8, 4) is 11.5 Å². The second kappa shape index (κ2) is 6.95. The van der Waals surface area contributed by atoms with E-state index in [2.05, 4.69) is 24.4 Å². The lowest BCUT2D eigenvalue weighted by Gasteiger charge is -2.16. The Morgan fingerprint density at radius 3 is 2.16 bits per heavy atom. The highest BCUT2D eigenvalue weighted by Gasteiger charge is 2.07. The van der Waals surface area contributed by atoms with Gasteiger partial charge < -0.3 is 10.1 Å². The van der Waals surface area contributed by atoms with Crippen LogP contribution in [0.2, 0.25) is 0 Å². The summed E-state index contributed by atoms with van der Waals surface area (Å²) < 4.78 is 5.79. The van der Waals surface area contributed by atoms with Crippen LogP contribution in [-0.4, -0.2) is 7.05 Å². The molecular formula is C17H21NO. The molecule has 2 rings (SSSR count). The van der Waals surface area contributed by atoms with Gasteiger partial charge in [-0.2, -0.15) is 0 Å². The molecule has 0 unspecified atom stereocenters.